The Morgan fingerprint density at radius 1 is 0.410 bits per heavy atom. The standard InChI is InChI=1S/C78H132F2N6O31/c1-81-73-66-78(79,80)68-86(73)75(88)67-83-77(91)70-5-8-82-72-4-3-69(65-71(70)72)117-14-2-9-84-10-12-85(13-11-84)74(87)6-15-92-17-19-94-21-23-96-25-27-98-29-31-100-33-35-102-37-39-104-41-43-106-45-47-108-49-51-110-53-55-112-57-59-114-61-63-116-64-62-115-60-58-113-56-54-111-52-50-109-48-46-107-44-42-105-40-38-103-36-34-101-32-30-99-28-26-97-24-22-95-20-18-93-16-7-76(89)90/h3-5,8,65,73H,2,6-7,9-64,66-68H2,(H,83,91)(H,89,90)/t73-/m0/s1. The molecule has 1 atom stereocenters. The van der Waals surface area contributed by atoms with Gasteiger partial charge in [0, 0.05) is 44.3 Å². The van der Waals surface area contributed by atoms with Crippen LogP contribution in [0, 0.1) is 6.57 Å². The number of nitrogens with one attached hydrogen (secondary N) is 1. The summed E-state index contributed by atoms with van der Waals surface area (Å²) < 4.78 is 171. The number of carbonyl (C=O) groups is 4. The Kier molecular flexibility index (Phi) is 67.2. The molecule has 2 N–H and O–H groups in total. The van der Waals surface area contributed by atoms with Crippen LogP contribution in [0.3, 0.4) is 0 Å². The highest BCUT2D eigenvalue weighted by Crippen LogP contribution is 2.33. The van der Waals surface area contributed by atoms with Gasteiger partial charge in [-0.2, -0.15) is 0 Å². The lowest BCUT2D eigenvalue weighted by atomic mass is 10.1. The topological polar surface area (TPSA) is 367 Å². The van der Waals surface area contributed by atoms with E-state index in [-0.39, 0.29) is 24.5 Å². The lowest BCUT2D eigenvalue weighted by molar-refractivity contribution is -0.138. The lowest BCUT2D eigenvalue weighted by Gasteiger charge is -2.34. The van der Waals surface area contributed by atoms with Crippen LogP contribution >= 0.6 is 0 Å². The van der Waals surface area contributed by atoms with Crippen LogP contribution in [0.2, 0.25) is 0 Å². The molecule has 0 bridgehead atoms. The lowest BCUT2D eigenvalue weighted by Crippen LogP contribution is -2.49. The molecule has 0 radical (unpaired) electrons. The van der Waals surface area contributed by atoms with Crippen molar-refractivity contribution >= 4 is 34.6 Å². The number of alkyl halides is 2. The quantitative estimate of drug-likeness (QED) is 0.0708. The molecule has 2 aromatic rings. The van der Waals surface area contributed by atoms with Crippen LogP contribution < -0.4 is 10.1 Å². The number of piperazine rings is 1. The molecule has 3 heterocycles. The van der Waals surface area contributed by atoms with Crippen molar-refractivity contribution in [3.8, 4) is 5.75 Å². The Morgan fingerprint density at radius 2 is 0.709 bits per heavy atom. The average Bonchev–Trinajstić information content (AvgIpc) is 1.80. The monoisotopic (exact) mass is 1690 g/mol. The Hall–Kier alpha value is -5.38. The van der Waals surface area contributed by atoms with Crippen molar-refractivity contribution in [2.75, 3.05) is 383 Å². The van der Waals surface area contributed by atoms with Gasteiger partial charge in [-0.05, 0) is 30.7 Å². The minimum Gasteiger partial charge on any atom is -0.494 e. The number of aliphatic carboxylic acids is 1. The molecule has 4 rings (SSSR count). The van der Waals surface area contributed by atoms with Gasteiger partial charge in [0.05, 0.1) is 374 Å². The molecule has 2 fully saturated rings. The summed E-state index contributed by atoms with van der Waals surface area (Å²) in [5, 5.41) is 11.5. The summed E-state index contributed by atoms with van der Waals surface area (Å²) in [6.07, 6.45) is 0.482. The number of benzene rings is 1. The summed E-state index contributed by atoms with van der Waals surface area (Å²) in [4.78, 5) is 61.4. The fourth-order valence-corrected chi connectivity index (χ4v) is 10.5. The number of amides is 3. The molecule has 2 aliphatic heterocycles. The smallest absolute Gasteiger partial charge is 0.306 e. The Labute approximate surface area is 687 Å². The Bertz CT molecular complexity index is 2740. The van der Waals surface area contributed by atoms with E-state index in [4.69, 9.17) is 135 Å². The maximum Gasteiger partial charge on any atom is 0.306 e. The first kappa shape index (κ1) is 104. The molecule has 2 aliphatic rings. The van der Waals surface area contributed by atoms with Crippen LogP contribution in [0.25, 0.3) is 15.7 Å². The largest absolute Gasteiger partial charge is 0.494 e. The van der Waals surface area contributed by atoms with E-state index < -0.39 is 49.4 Å². The fraction of sp³-hybridized carbons (Fsp3) is 0.821. The number of nitrogens with zero attached hydrogens (tertiary/aromatic N) is 5. The number of carbonyl (C=O) groups excluding carboxylic acids is 3. The van der Waals surface area contributed by atoms with Crippen LogP contribution in [-0.2, 0) is 133 Å². The van der Waals surface area contributed by atoms with E-state index in [1.54, 1.807) is 18.2 Å². The third-order valence-corrected chi connectivity index (χ3v) is 16.5. The van der Waals surface area contributed by atoms with Gasteiger partial charge in [0.2, 0.25) is 11.8 Å². The molecule has 0 saturated carbocycles. The minimum atomic E-state index is -3.15. The fourth-order valence-electron chi connectivity index (χ4n) is 10.5. The predicted molar refractivity (Wildman–Crippen MR) is 416 cm³/mol. The van der Waals surface area contributed by atoms with E-state index in [0.717, 1.165) is 31.0 Å². The first-order chi connectivity index (χ1) is 57.6. The van der Waals surface area contributed by atoms with Crippen molar-refractivity contribution in [3.05, 3.63) is 47.4 Å². The van der Waals surface area contributed by atoms with Gasteiger partial charge in [-0.1, -0.05) is 0 Å². The molecule has 39 heteroatoms. The van der Waals surface area contributed by atoms with Gasteiger partial charge >= 0.3 is 12.1 Å². The van der Waals surface area contributed by atoms with Crippen molar-refractivity contribution in [3.63, 3.8) is 0 Å². The number of ether oxygens (including phenoxy) is 26. The van der Waals surface area contributed by atoms with Gasteiger partial charge in [0.1, 0.15) is 12.2 Å². The number of likely N-dealkylation sites (tertiary alicyclic amines) is 1. The van der Waals surface area contributed by atoms with Gasteiger partial charge in [-0.25, -0.2) is 15.4 Å². The SMILES string of the molecule is [C-]#[N+][C@@H]1CC(F)(F)CN1C(=O)CNC(=O)c1ccnc2ccc(OCCCN3CCN(C(=O)CCOCCOCCOCCOCCOCCOCCOCCOCCOCCOCCOCCOCCOCCOCCOCCOCCOCCOCCOCCOCCOCCOCCOCCOCCOCCC(=O)O)CC3)cc12. The Morgan fingerprint density at radius 3 is 1.01 bits per heavy atom. The number of rotatable bonds is 86. The highest BCUT2D eigenvalue weighted by molar-refractivity contribution is 6.07. The van der Waals surface area contributed by atoms with Crippen molar-refractivity contribution in [2.45, 2.75) is 37.8 Å². The second-order valence-corrected chi connectivity index (χ2v) is 25.5. The van der Waals surface area contributed by atoms with E-state index in [9.17, 15) is 28.0 Å². The highest BCUT2D eigenvalue weighted by Gasteiger charge is 2.51. The van der Waals surface area contributed by atoms with Crippen LogP contribution in [0.4, 0.5) is 8.78 Å². The van der Waals surface area contributed by atoms with Crippen molar-refractivity contribution in [1.29, 1.82) is 0 Å². The maximum absolute atomic E-state index is 13.9. The molecule has 0 spiro atoms. The number of fused-ring (bicyclic) bond motifs is 1. The summed E-state index contributed by atoms with van der Waals surface area (Å²) in [6.45, 7) is 31.9. The summed E-state index contributed by atoms with van der Waals surface area (Å²) in [6, 6.07) is 6.69. The zero-order valence-electron chi connectivity index (χ0n) is 68.5. The number of pyridine rings is 1. The number of aromatic nitrogens is 1. The number of hydrogen-bond donors (Lipinski definition) is 2. The number of halogens is 2. The van der Waals surface area contributed by atoms with Gasteiger partial charge in [-0.15, -0.1) is 0 Å². The molecule has 117 heavy (non-hydrogen) atoms. The molecule has 1 aromatic carbocycles. The molecule has 0 aliphatic carbocycles. The second-order valence-electron chi connectivity index (χ2n) is 25.5. The van der Waals surface area contributed by atoms with Crippen LogP contribution in [0.1, 0.15) is 36.0 Å². The number of hydrogen-bond acceptors (Lipinski definition) is 32. The normalized spacial score (nSPS) is 14.3. The van der Waals surface area contributed by atoms with E-state index in [2.05, 4.69) is 20.0 Å². The average molecular weight is 1690 g/mol. The maximum atomic E-state index is 13.9. The third-order valence-electron chi connectivity index (χ3n) is 16.5. The molecule has 674 valence electrons. The van der Waals surface area contributed by atoms with Gasteiger partial charge in [-0.3, -0.25) is 38.8 Å². The summed E-state index contributed by atoms with van der Waals surface area (Å²) in [5.41, 5.74) is 0.776. The van der Waals surface area contributed by atoms with Crippen molar-refractivity contribution < 1.29 is 156 Å². The second kappa shape index (κ2) is 75.6. The minimum absolute atomic E-state index is 0.0148. The van der Waals surface area contributed by atoms with Crippen molar-refractivity contribution in [2.24, 2.45) is 0 Å². The predicted octanol–water partition coefficient (Wildman–Crippen LogP) is 2.27. The summed E-state index contributed by atoms with van der Waals surface area (Å²) in [7, 11) is 0. The van der Waals surface area contributed by atoms with Crippen LogP contribution in [0.5, 0.6) is 5.75 Å². The van der Waals surface area contributed by atoms with Crippen LogP contribution in [0.15, 0.2) is 30.5 Å². The molecule has 3 amide bonds. The van der Waals surface area contributed by atoms with Gasteiger partial charge in [0.15, 0.2) is 0 Å². The van der Waals surface area contributed by atoms with E-state index in [0.29, 0.717) is 367 Å². The van der Waals surface area contributed by atoms with Gasteiger partial charge < -0.3 is 138 Å². The number of carboxylic acids is 1. The third kappa shape index (κ3) is 59.9. The first-order valence-corrected chi connectivity index (χ1v) is 40.6. The zero-order valence-corrected chi connectivity index (χ0v) is 68.5. The summed E-state index contributed by atoms with van der Waals surface area (Å²) in [5.74, 6) is -4.79. The van der Waals surface area contributed by atoms with Gasteiger partial charge in [0.25, 0.3) is 11.8 Å². The zero-order chi connectivity index (χ0) is 83.3. The molecule has 37 nitrogen and oxygen atoms in total. The molecule has 2 saturated heterocycles. The first-order valence-electron chi connectivity index (χ1n) is 40.6. The Balaban J connectivity index is 0.727. The van der Waals surface area contributed by atoms with Crippen LogP contribution in [-0.4, -0.2) is 443 Å². The van der Waals surface area contributed by atoms with Crippen molar-refractivity contribution in [1.82, 2.24) is 25.0 Å². The van der Waals surface area contributed by atoms with E-state index >= 15 is 0 Å². The molecule has 0 unspecified atom stereocenters. The highest BCUT2D eigenvalue weighted by atomic mass is 19.3. The van der Waals surface area contributed by atoms with E-state index in [1.807, 2.05) is 4.90 Å². The molecular weight excluding hydrogens is 1550 g/mol. The molecule has 1 aromatic heterocycles. The molecular formula is C78H132F2N6O31. The summed E-state index contributed by atoms with van der Waals surface area (Å²) >= 11 is 0. The van der Waals surface area contributed by atoms with E-state index in [1.165, 1.54) is 12.3 Å². The number of carboxylic acid groups (broad SMARTS) is 1.